The van der Waals surface area contributed by atoms with Crippen LogP contribution >= 0.6 is 0 Å². The summed E-state index contributed by atoms with van der Waals surface area (Å²) in [4.78, 5) is 11.3. The summed E-state index contributed by atoms with van der Waals surface area (Å²) in [7, 11) is 0. The number of para-hydroxylation sites is 1. The van der Waals surface area contributed by atoms with Gasteiger partial charge >= 0.3 is 5.97 Å². The molecule has 0 bridgehead atoms. The Kier molecular flexibility index (Phi) is 15.0. The summed E-state index contributed by atoms with van der Waals surface area (Å²) in [6, 6.07) is 9.73. The van der Waals surface area contributed by atoms with Crippen LogP contribution in [0, 0.1) is 0 Å². The molecule has 1 rings (SSSR count). The minimum absolute atomic E-state index is 0.102. The molecule has 0 fully saturated rings. The Morgan fingerprint density at radius 3 is 1.96 bits per heavy atom. The van der Waals surface area contributed by atoms with Gasteiger partial charge in [0.2, 0.25) is 0 Å². The van der Waals surface area contributed by atoms with Gasteiger partial charge in [0.15, 0.2) is 0 Å². The lowest BCUT2D eigenvalue weighted by atomic mass is 10.0. The van der Waals surface area contributed by atoms with Crippen LogP contribution in [-0.2, 0) is 9.53 Å². The van der Waals surface area contributed by atoms with Gasteiger partial charge in [-0.3, -0.25) is 0 Å². The molecule has 3 nitrogen and oxygen atoms in total. The van der Waals surface area contributed by atoms with Crippen molar-refractivity contribution in [1.29, 1.82) is 0 Å². The first-order valence-electron chi connectivity index (χ1n) is 11.3. The third-order valence-electron chi connectivity index (χ3n) is 5.00. The maximum atomic E-state index is 11.3. The fraction of sp³-hybridized carbons (Fsp3) is 0.640. The lowest BCUT2D eigenvalue weighted by molar-refractivity contribution is -0.140. The summed E-state index contributed by atoms with van der Waals surface area (Å²) in [6.07, 6.45) is 18.0. The highest BCUT2D eigenvalue weighted by atomic mass is 16.6. The molecule has 0 aliphatic rings. The Morgan fingerprint density at radius 2 is 1.43 bits per heavy atom. The Balaban J connectivity index is 2.11. The number of unbranched alkanes of at least 4 members (excludes halogenated alkanes) is 11. The van der Waals surface area contributed by atoms with Crippen molar-refractivity contribution in [2.45, 2.75) is 96.5 Å². The molecule has 0 aliphatic heterocycles. The van der Waals surface area contributed by atoms with Gasteiger partial charge < -0.3 is 9.47 Å². The molecule has 0 spiro atoms. The first-order chi connectivity index (χ1) is 13.8. The van der Waals surface area contributed by atoms with Crippen molar-refractivity contribution in [1.82, 2.24) is 0 Å². The van der Waals surface area contributed by atoms with Gasteiger partial charge in [-0.25, -0.2) is 4.79 Å². The first kappa shape index (κ1) is 24.3. The second-order valence-electron chi connectivity index (χ2n) is 7.56. The fourth-order valence-electron chi connectivity index (χ4n) is 3.31. The highest BCUT2D eigenvalue weighted by Crippen LogP contribution is 2.17. The second kappa shape index (κ2) is 17.3. The quantitative estimate of drug-likeness (QED) is 0.151. The van der Waals surface area contributed by atoms with E-state index >= 15 is 0 Å². The van der Waals surface area contributed by atoms with Crippen molar-refractivity contribution in [3.8, 4) is 5.75 Å². The average molecular weight is 389 g/mol. The van der Waals surface area contributed by atoms with E-state index in [0.717, 1.165) is 18.6 Å². The number of esters is 1. The Labute approximate surface area is 172 Å². The van der Waals surface area contributed by atoms with Crippen LogP contribution in [0.3, 0.4) is 0 Å². The summed E-state index contributed by atoms with van der Waals surface area (Å²) in [5, 5.41) is 0. The fourth-order valence-corrected chi connectivity index (χ4v) is 3.31. The number of rotatable bonds is 18. The summed E-state index contributed by atoms with van der Waals surface area (Å²) in [5.74, 6) is 0.428. The zero-order chi connectivity index (χ0) is 20.3. The predicted octanol–water partition coefficient (Wildman–Crippen LogP) is 7.25. The topological polar surface area (TPSA) is 35.5 Å². The van der Waals surface area contributed by atoms with Crippen molar-refractivity contribution in [3.05, 3.63) is 43.0 Å². The highest BCUT2D eigenvalue weighted by Gasteiger charge is 2.13. The normalized spacial score (nSPS) is 11.8. The minimum Gasteiger partial charge on any atom is -0.487 e. The molecule has 28 heavy (non-hydrogen) atoms. The standard InChI is InChI=1S/C25H40O3/c1-3-5-6-7-8-9-10-11-12-13-14-16-21-24(22-27-25(26)4-2)28-23-19-17-15-18-20-23/h4,15,17-20,24H,2-3,5-14,16,21-22H2,1H3. The molecule has 0 aromatic heterocycles. The second-order valence-corrected chi connectivity index (χ2v) is 7.56. The number of benzene rings is 1. The van der Waals surface area contributed by atoms with Gasteiger partial charge in [-0.2, -0.15) is 0 Å². The van der Waals surface area contributed by atoms with Gasteiger partial charge in [-0.15, -0.1) is 0 Å². The molecule has 0 heterocycles. The molecule has 0 N–H and O–H groups in total. The highest BCUT2D eigenvalue weighted by molar-refractivity contribution is 5.81. The molecule has 0 saturated carbocycles. The van der Waals surface area contributed by atoms with Crippen molar-refractivity contribution in [2.24, 2.45) is 0 Å². The minimum atomic E-state index is -0.392. The van der Waals surface area contributed by atoms with E-state index in [0.29, 0.717) is 0 Å². The predicted molar refractivity (Wildman–Crippen MR) is 118 cm³/mol. The van der Waals surface area contributed by atoms with Crippen LogP contribution in [0.2, 0.25) is 0 Å². The largest absolute Gasteiger partial charge is 0.487 e. The lowest BCUT2D eigenvalue weighted by Gasteiger charge is -2.19. The van der Waals surface area contributed by atoms with Gasteiger partial charge in [0.25, 0.3) is 0 Å². The summed E-state index contributed by atoms with van der Waals surface area (Å²) in [6.45, 7) is 5.99. The van der Waals surface area contributed by atoms with E-state index in [-0.39, 0.29) is 12.7 Å². The van der Waals surface area contributed by atoms with E-state index in [1.807, 2.05) is 30.3 Å². The smallest absolute Gasteiger partial charge is 0.330 e. The van der Waals surface area contributed by atoms with Gasteiger partial charge in [-0.05, 0) is 25.0 Å². The molecule has 158 valence electrons. The third kappa shape index (κ3) is 13.4. The van der Waals surface area contributed by atoms with Crippen LogP contribution in [0.4, 0.5) is 0 Å². The first-order valence-corrected chi connectivity index (χ1v) is 11.3. The molecule has 1 atom stereocenters. The Morgan fingerprint density at radius 1 is 0.893 bits per heavy atom. The Bertz CT molecular complexity index is 498. The molecular formula is C25H40O3. The van der Waals surface area contributed by atoms with Gasteiger partial charge in [0.1, 0.15) is 18.5 Å². The number of carbonyl (C=O) groups excluding carboxylic acids is 1. The van der Waals surface area contributed by atoms with Crippen LogP contribution in [0.25, 0.3) is 0 Å². The van der Waals surface area contributed by atoms with Crippen molar-refractivity contribution >= 4 is 5.97 Å². The molecule has 0 saturated heterocycles. The maximum Gasteiger partial charge on any atom is 0.330 e. The van der Waals surface area contributed by atoms with E-state index < -0.39 is 5.97 Å². The summed E-state index contributed by atoms with van der Waals surface area (Å²) < 4.78 is 11.2. The average Bonchev–Trinajstić information content (AvgIpc) is 2.73. The van der Waals surface area contributed by atoms with E-state index in [4.69, 9.17) is 9.47 Å². The molecule has 1 aromatic rings. The monoisotopic (exact) mass is 388 g/mol. The number of carbonyl (C=O) groups is 1. The van der Waals surface area contributed by atoms with Crippen LogP contribution in [0.15, 0.2) is 43.0 Å². The zero-order valence-electron chi connectivity index (χ0n) is 17.9. The zero-order valence-corrected chi connectivity index (χ0v) is 17.9. The number of hydrogen-bond donors (Lipinski definition) is 0. The molecule has 0 amide bonds. The van der Waals surface area contributed by atoms with Crippen molar-refractivity contribution < 1.29 is 14.3 Å². The van der Waals surface area contributed by atoms with E-state index in [1.165, 1.54) is 76.7 Å². The van der Waals surface area contributed by atoms with Crippen LogP contribution < -0.4 is 4.74 Å². The maximum absolute atomic E-state index is 11.3. The van der Waals surface area contributed by atoms with Crippen LogP contribution in [0.5, 0.6) is 5.75 Å². The molecule has 1 unspecified atom stereocenters. The lowest BCUT2D eigenvalue weighted by Crippen LogP contribution is -2.24. The van der Waals surface area contributed by atoms with E-state index in [9.17, 15) is 4.79 Å². The molecule has 3 heteroatoms. The summed E-state index contributed by atoms with van der Waals surface area (Å²) >= 11 is 0. The van der Waals surface area contributed by atoms with Crippen LogP contribution in [-0.4, -0.2) is 18.7 Å². The molecule has 0 aliphatic carbocycles. The van der Waals surface area contributed by atoms with E-state index in [2.05, 4.69) is 13.5 Å². The van der Waals surface area contributed by atoms with Gasteiger partial charge in [0, 0.05) is 6.08 Å². The van der Waals surface area contributed by atoms with Gasteiger partial charge in [0.05, 0.1) is 0 Å². The third-order valence-corrected chi connectivity index (χ3v) is 5.00. The molecule has 1 aromatic carbocycles. The van der Waals surface area contributed by atoms with Crippen molar-refractivity contribution in [2.75, 3.05) is 6.61 Å². The number of hydrogen-bond acceptors (Lipinski definition) is 3. The molecule has 0 radical (unpaired) electrons. The van der Waals surface area contributed by atoms with E-state index in [1.54, 1.807) is 0 Å². The summed E-state index contributed by atoms with van der Waals surface area (Å²) in [5.41, 5.74) is 0. The van der Waals surface area contributed by atoms with Crippen molar-refractivity contribution in [3.63, 3.8) is 0 Å². The SMILES string of the molecule is C=CC(=O)OCC(CCCCCCCCCCCCCC)Oc1ccccc1. The number of ether oxygens (including phenoxy) is 2. The van der Waals surface area contributed by atoms with Gasteiger partial charge in [-0.1, -0.05) is 102 Å². The van der Waals surface area contributed by atoms with Crippen LogP contribution in [0.1, 0.15) is 90.4 Å². The Hall–Kier alpha value is -1.77. The molecular weight excluding hydrogens is 348 g/mol.